The van der Waals surface area contributed by atoms with Gasteiger partial charge in [0, 0.05) is 7.05 Å². The number of hydrogen-bond donors (Lipinski definition) is 1. The van der Waals surface area contributed by atoms with Gasteiger partial charge in [-0.3, -0.25) is 5.01 Å². The maximum absolute atomic E-state index is 10.1. The molecule has 0 radical (unpaired) electrons. The van der Waals surface area contributed by atoms with Gasteiger partial charge in [0.05, 0.1) is 17.4 Å². The summed E-state index contributed by atoms with van der Waals surface area (Å²) in [7, 11) is 1.57. The van der Waals surface area contributed by atoms with Crippen LogP contribution in [0.5, 0.6) is 0 Å². The van der Waals surface area contributed by atoms with Gasteiger partial charge in [-0.15, -0.1) is 4.91 Å². The lowest BCUT2D eigenvalue weighted by atomic mass is 9.95. The van der Waals surface area contributed by atoms with Crippen LogP contribution in [0, 0.1) is 4.91 Å². The molecule has 0 aromatic carbocycles. The zero-order valence-corrected chi connectivity index (χ0v) is 8.08. The first-order valence-corrected chi connectivity index (χ1v) is 4.34. The molecule has 0 saturated heterocycles. The standard InChI is InChI=1S/C8H18N2O2/c1-4-6-8(11,5-2)7-10(3)9-12/h11H,4-7H2,1-3H3. The molecule has 0 aromatic rings. The molecule has 4 nitrogen and oxygen atoms in total. The minimum Gasteiger partial charge on any atom is -0.388 e. The molecule has 0 heterocycles. The Labute approximate surface area is 73.5 Å². The van der Waals surface area contributed by atoms with Crippen molar-refractivity contribution in [3.05, 3.63) is 4.91 Å². The highest BCUT2D eigenvalue weighted by Crippen LogP contribution is 2.18. The number of nitroso groups, excluding NO2 is 1. The summed E-state index contributed by atoms with van der Waals surface area (Å²) in [5.74, 6) is 0. The highest BCUT2D eigenvalue weighted by molar-refractivity contribution is 4.78. The third-order valence-electron chi connectivity index (χ3n) is 2.04. The van der Waals surface area contributed by atoms with Crippen LogP contribution in [0.3, 0.4) is 0 Å². The quantitative estimate of drug-likeness (QED) is 0.491. The summed E-state index contributed by atoms with van der Waals surface area (Å²) in [4.78, 5) is 10.1. The van der Waals surface area contributed by atoms with Crippen LogP contribution in [0.1, 0.15) is 33.1 Å². The molecule has 0 bridgehead atoms. The summed E-state index contributed by atoms with van der Waals surface area (Å²) >= 11 is 0. The van der Waals surface area contributed by atoms with Gasteiger partial charge >= 0.3 is 0 Å². The molecule has 0 amide bonds. The van der Waals surface area contributed by atoms with Gasteiger partial charge in [-0.1, -0.05) is 20.3 Å². The summed E-state index contributed by atoms with van der Waals surface area (Å²) in [6.07, 6.45) is 2.28. The van der Waals surface area contributed by atoms with Gasteiger partial charge in [0.2, 0.25) is 0 Å². The van der Waals surface area contributed by atoms with E-state index in [9.17, 15) is 10.0 Å². The second-order valence-electron chi connectivity index (χ2n) is 3.23. The molecule has 0 spiro atoms. The van der Waals surface area contributed by atoms with E-state index in [1.165, 1.54) is 5.01 Å². The van der Waals surface area contributed by atoms with Crippen LogP contribution in [0.2, 0.25) is 0 Å². The molecular weight excluding hydrogens is 156 g/mol. The van der Waals surface area contributed by atoms with Crippen LogP contribution in [-0.2, 0) is 0 Å². The topological polar surface area (TPSA) is 52.9 Å². The Bertz CT molecular complexity index is 141. The zero-order chi connectivity index (χ0) is 9.61. The fourth-order valence-corrected chi connectivity index (χ4v) is 1.29. The van der Waals surface area contributed by atoms with Gasteiger partial charge in [0.1, 0.15) is 0 Å². The lowest BCUT2D eigenvalue weighted by molar-refractivity contribution is -0.00153. The maximum Gasteiger partial charge on any atom is 0.0836 e. The van der Waals surface area contributed by atoms with Crippen molar-refractivity contribution < 1.29 is 5.11 Å². The summed E-state index contributed by atoms with van der Waals surface area (Å²) in [5, 5.41) is 13.8. The fraction of sp³-hybridized carbons (Fsp3) is 1.00. The van der Waals surface area contributed by atoms with Gasteiger partial charge < -0.3 is 5.11 Å². The molecule has 1 atom stereocenters. The molecule has 0 fully saturated rings. The number of likely N-dealkylation sites (N-methyl/N-ethyl adjacent to an activating group) is 1. The summed E-state index contributed by atoms with van der Waals surface area (Å²) in [6.45, 7) is 4.24. The predicted molar refractivity (Wildman–Crippen MR) is 48.6 cm³/mol. The molecule has 0 aliphatic heterocycles. The van der Waals surface area contributed by atoms with Gasteiger partial charge in [-0.25, -0.2) is 0 Å². The monoisotopic (exact) mass is 174 g/mol. The van der Waals surface area contributed by atoms with Crippen LogP contribution in [0.4, 0.5) is 0 Å². The molecule has 1 N–H and O–H groups in total. The molecular formula is C8H18N2O2. The number of rotatable bonds is 6. The normalized spacial score (nSPS) is 15.3. The van der Waals surface area contributed by atoms with Crippen LogP contribution in [-0.4, -0.2) is 29.3 Å². The zero-order valence-electron chi connectivity index (χ0n) is 8.08. The SMILES string of the molecule is CCCC(O)(CC)CN(C)N=O. The Hall–Kier alpha value is -0.640. The molecule has 12 heavy (non-hydrogen) atoms. The first-order chi connectivity index (χ1) is 5.58. The van der Waals surface area contributed by atoms with Crippen molar-refractivity contribution in [1.82, 2.24) is 5.01 Å². The molecule has 0 aliphatic carbocycles. The van der Waals surface area contributed by atoms with E-state index in [4.69, 9.17) is 0 Å². The van der Waals surface area contributed by atoms with Crippen LogP contribution in [0.25, 0.3) is 0 Å². The van der Waals surface area contributed by atoms with Gasteiger partial charge in [0.15, 0.2) is 0 Å². The van der Waals surface area contributed by atoms with Gasteiger partial charge in [0.25, 0.3) is 0 Å². The van der Waals surface area contributed by atoms with E-state index in [2.05, 4.69) is 5.29 Å². The van der Waals surface area contributed by atoms with Crippen molar-refractivity contribution in [3.63, 3.8) is 0 Å². The highest BCUT2D eigenvalue weighted by Gasteiger charge is 2.25. The van der Waals surface area contributed by atoms with Crippen LogP contribution in [0.15, 0.2) is 5.29 Å². The second-order valence-corrected chi connectivity index (χ2v) is 3.23. The van der Waals surface area contributed by atoms with E-state index in [1.807, 2.05) is 13.8 Å². The van der Waals surface area contributed by atoms with Crippen molar-refractivity contribution in [2.24, 2.45) is 5.29 Å². The second kappa shape index (κ2) is 5.09. The van der Waals surface area contributed by atoms with Crippen molar-refractivity contribution in [2.45, 2.75) is 38.7 Å². The average molecular weight is 174 g/mol. The fourth-order valence-electron chi connectivity index (χ4n) is 1.29. The van der Waals surface area contributed by atoms with E-state index in [0.717, 1.165) is 6.42 Å². The van der Waals surface area contributed by atoms with Crippen molar-refractivity contribution in [1.29, 1.82) is 0 Å². The lowest BCUT2D eigenvalue weighted by Gasteiger charge is -2.28. The molecule has 0 aromatic heterocycles. The van der Waals surface area contributed by atoms with E-state index in [-0.39, 0.29) is 0 Å². The first kappa shape index (κ1) is 11.4. The van der Waals surface area contributed by atoms with Crippen molar-refractivity contribution >= 4 is 0 Å². The predicted octanol–water partition coefficient (Wildman–Crippen LogP) is 1.54. The Balaban J connectivity index is 4.02. The lowest BCUT2D eigenvalue weighted by Crippen LogP contribution is -2.38. The number of aliphatic hydroxyl groups is 1. The summed E-state index contributed by atoms with van der Waals surface area (Å²) < 4.78 is 0. The third-order valence-corrected chi connectivity index (χ3v) is 2.04. The van der Waals surface area contributed by atoms with Crippen molar-refractivity contribution in [3.8, 4) is 0 Å². The van der Waals surface area contributed by atoms with Crippen molar-refractivity contribution in [2.75, 3.05) is 13.6 Å². The summed E-state index contributed by atoms with van der Waals surface area (Å²) in [6, 6.07) is 0. The van der Waals surface area contributed by atoms with Crippen LogP contribution >= 0.6 is 0 Å². The highest BCUT2D eigenvalue weighted by atomic mass is 16.3. The molecule has 1 unspecified atom stereocenters. The minimum absolute atomic E-state index is 0.320. The Morgan fingerprint density at radius 1 is 1.50 bits per heavy atom. The number of nitrogens with zero attached hydrogens (tertiary/aromatic N) is 2. The Morgan fingerprint density at radius 3 is 2.42 bits per heavy atom. The molecule has 72 valence electrons. The Kier molecular flexibility index (Phi) is 4.81. The van der Waals surface area contributed by atoms with Crippen LogP contribution < -0.4 is 0 Å². The third kappa shape index (κ3) is 3.67. The molecule has 0 rings (SSSR count). The van der Waals surface area contributed by atoms with E-state index in [1.54, 1.807) is 7.05 Å². The van der Waals surface area contributed by atoms with E-state index >= 15 is 0 Å². The molecule has 0 saturated carbocycles. The average Bonchev–Trinajstić information content (AvgIpc) is 2.05. The minimum atomic E-state index is -0.753. The number of hydrogen-bond acceptors (Lipinski definition) is 3. The smallest absolute Gasteiger partial charge is 0.0836 e. The molecule has 0 aliphatic rings. The summed E-state index contributed by atoms with van der Waals surface area (Å²) in [5.41, 5.74) is -0.753. The maximum atomic E-state index is 10.1. The van der Waals surface area contributed by atoms with E-state index in [0.29, 0.717) is 19.4 Å². The Morgan fingerprint density at radius 2 is 2.08 bits per heavy atom. The van der Waals surface area contributed by atoms with Gasteiger partial charge in [-0.05, 0) is 12.8 Å². The van der Waals surface area contributed by atoms with Gasteiger partial charge in [-0.2, -0.15) is 0 Å². The largest absolute Gasteiger partial charge is 0.388 e. The first-order valence-electron chi connectivity index (χ1n) is 4.34. The van der Waals surface area contributed by atoms with E-state index < -0.39 is 5.60 Å². The molecule has 4 heteroatoms.